The highest BCUT2D eigenvalue weighted by atomic mass is 19.4. The van der Waals surface area contributed by atoms with Gasteiger partial charge in [0.15, 0.2) is 0 Å². The molecule has 2 unspecified atom stereocenters. The van der Waals surface area contributed by atoms with Gasteiger partial charge in [0, 0.05) is 17.7 Å². The first kappa shape index (κ1) is 17.0. The van der Waals surface area contributed by atoms with Crippen LogP contribution in [0, 0.1) is 5.92 Å². The molecule has 0 bridgehead atoms. The number of rotatable bonds is 6. The highest BCUT2D eigenvalue weighted by molar-refractivity contribution is 5.18. The third kappa shape index (κ3) is 4.47. The molecular weight excluding hydrogens is 265 g/mol. The van der Waals surface area contributed by atoms with Gasteiger partial charge in [-0.25, -0.2) is 4.98 Å². The molecule has 20 heavy (non-hydrogen) atoms. The molecule has 0 saturated heterocycles. The van der Waals surface area contributed by atoms with Crippen LogP contribution in [-0.2, 0) is 6.18 Å². The molecule has 1 aromatic rings. The minimum Gasteiger partial charge on any atom is -0.314 e. The number of alkyl halides is 3. The number of nitrogens with one attached hydrogen (secondary N) is 1. The zero-order valence-electron chi connectivity index (χ0n) is 12.5. The molecule has 0 amide bonds. The van der Waals surface area contributed by atoms with Crippen LogP contribution in [0.3, 0.4) is 0 Å². The van der Waals surface area contributed by atoms with Gasteiger partial charge in [-0.2, -0.15) is 13.2 Å². The molecule has 0 radical (unpaired) electrons. The van der Waals surface area contributed by atoms with E-state index < -0.39 is 11.9 Å². The molecule has 2 nitrogen and oxygen atoms in total. The zero-order chi connectivity index (χ0) is 15.3. The molecular formula is C15H23F3N2. The Bertz CT molecular complexity index is 416. The second kappa shape index (κ2) is 7.07. The SMILES string of the molecule is CCCNC(C)C(c1cccc(C(F)(F)F)n1)C(C)C. The van der Waals surface area contributed by atoms with Gasteiger partial charge in [0.25, 0.3) is 0 Å². The quantitative estimate of drug-likeness (QED) is 0.847. The minimum absolute atomic E-state index is 0.0381. The number of pyridine rings is 1. The summed E-state index contributed by atoms with van der Waals surface area (Å²) in [6, 6.07) is 4.23. The number of hydrogen-bond donors (Lipinski definition) is 1. The molecule has 0 saturated carbocycles. The Hall–Kier alpha value is -1.10. The fraction of sp³-hybridized carbons (Fsp3) is 0.667. The van der Waals surface area contributed by atoms with Crippen molar-refractivity contribution in [2.24, 2.45) is 5.92 Å². The molecule has 0 spiro atoms. The predicted molar refractivity (Wildman–Crippen MR) is 74.6 cm³/mol. The van der Waals surface area contributed by atoms with E-state index in [1.807, 2.05) is 20.8 Å². The smallest absolute Gasteiger partial charge is 0.314 e. The van der Waals surface area contributed by atoms with Crippen molar-refractivity contribution >= 4 is 0 Å². The van der Waals surface area contributed by atoms with Gasteiger partial charge in [0.1, 0.15) is 5.69 Å². The van der Waals surface area contributed by atoms with Crippen molar-refractivity contribution in [2.75, 3.05) is 6.54 Å². The van der Waals surface area contributed by atoms with Crippen LogP contribution in [0.4, 0.5) is 13.2 Å². The summed E-state index contributed by atoms with van der Waals surface area (Å²) in [7, 11) is 0. The van der Waals surface area contributed by atoms with Crippen molar-refractivity contribution in [2.45, 2.75) is 52.3 Å². The van der Waals surface area contributed by atoms with Gasteiger partial charge < -0.3 is 5.32 Å². The Kier molecular flexibility index (Phi) is 5.99. The fourth-order valence-electron chi connectivity index (χ4n) is 2.47. The standard InChI is InChI=1S/C15H23F3N2/c1-5-9-19-11(4)14(10(2)3)12-7-6-8-13(20-12)15(16,17)18/h6-8,10-11,14,19H,5,9H2,1-4H3. The third-order valence-corrected chi connectivity index (χ3v) is 3.38. The summed E-state index contributed by atoms with van der Waals surface area (Å²) in [4.78, 5) is 3.83. The molecule has 0 aliphatic heterocycles. The van der Waals surface area contributed by atoms with Crippen molar-refractivity contribution in [1.82, 2.24) is 10.3 Å². The van der Waals surface area contributed by atoms with E-state index >= 15 is 0 Å². The average molecular weight is 288 g/mol. The van der Waals surface area contributed by atoms with Crippen LogP contribution in [-0.4, -0.2) is 17.6 Å². The number of nitrogens with zero attached hydrogens (tertiary/aromatic N) is 1. The van der Waals surface area contributed by atoms with Crippen LogP contribution in [0.25, 0.3) is 0 Å². The Morgan fingerprint density at radius 3 is 2.35 bits per heavy atom. The summed E-state index contributed by atoms with van der Waals surface area (Å²) in [5.41, 5.74) is -0.311. The monoisotopic (exact) mass is 288 g/mol. The Morgan fingerprint density at radius 1 is 1.20 bits per heavy atom. The second-order valence-electron chi connectivity index (χ2n) is 5.46. The summed E-state index contributed by atoms with van der Waals surface area (Å²) >= 11 is 0. The summed E-state index contributed by atoms with van der Waals surface area (Å²) in [6.45, 7) is 8.94. The molecule has 0 fully saturated rings. The minimum atomic E-state index is -4.39. The lowest BCUT2D eigenvalue weighted by Gasteiger charge is -2.28. The Balaban J connectivity index is 3.03. The topological polar surface area (TPSA) is 24.9 Å². The van der Waals surface area contributed by atoms with Crippen LogP contribution in [0.5, 0.6) is 0 Å². The van der Waals surface area contributed by atoms with Gasteiger partial charge in [-0.1, -0.05) is 26.8 Å². The number of hydrogen-bond acceptors (Lipinski definition) is 2. The largest absolute Gasteiger partial charge is 0.433 e. The average Bonchev–Trinajstić information content (AvgIpc) is 2.35. The fourth-order valence-corrected chi connectivity index (χ4v) is 2.47. The first-order valence-electron chi connectivity index (χ1n) is 7.04. The lowest BCUT2D eigenvalue weighted by Crippen LogP contribution is -2.35. The maximum atomic E-state index is 12.8. The van der Waals surface area contributed by atoms with Gasteiger partial charge in [-0.05, 0) is 37.9 Å². The maximum Gasteiger partial charge on any atom is 0.433 e. The molecule has 0 aromatic carbocycles. The molecule has 5 heteroatoms. The highest BCUT2D eigenvalue weighted by Gasteiger charge is 2.33. The molecule has 2 atom stereocenters. The lowest BCUT2D eigenvalue weighted by atomic mass is 9.86. The van der Waals surface area contributed by atoms with Gasteiger partial charge in [-0.15, -0.1) is 0 Å². The van der Waals surface area contributed by atoms with Crippen molar-refractivity contribution in [3.8, 4) is 0 Å². The molecule has 1 heterocycles. The zero-order valence-corrected chi connectivity index (χ0v) is 12.5. The van der Waals surface area contributed by atoms with Crippen molar-refractivity contribution in [1.29, 1.82) is 0 Å². The summed E-state index contributed by atoms with van der Waals surface area (Å²) in [5.74, 6) is 0.175. The normalized spacial score (nSPS) is 15.4. The van der Waals surface area contributed by atoms with Crippen molar-refractivity contribution < 1.29 is 13.2 Å². The molecule has 1 rings (SSSR count). The van der Waals surface area contributed by atoms with E-state index in [1.54, 1.807) is 6.07 Å². The van der Waals surface area contributed by atoms with Crippen LogP contribution >= 0.6 is 0 Å². The summed E-state index contributed by atoms with van der Waals surface area (Å²) < 4.78 is 38.3. The van der Waals surface area contributed by atoms with E-state index in [-0.39, 0.29) is 17.9 Å². The maximum absolute atomic E-state index is 12.8. The molecule has 114 valence electrons. The van der Waals surface area contributed by atoms with Crippen molar-refractivity contribution in [3.63, 3.8) is 0 Å². The van der Waals surface area contributed by atoms with Gasteiger partial charge in [0.2, 0.25) is 0 Å². The van der Waals surface area contributed by atoms with Gasteiger partial charge in [0.05, 0.1) is 0 Å². The van der Waals surface area contributed by atoms with Gasteiger partial charge >= 0.3 is 6.18 Å². The van der Waals surface area contributed by atoms with Crippen molar-refractivity contribution in [3.05, 3.63) is 29.6 Å². The van der Waals surface area contributed by atoms with E-state index in [0.29, 0.717) is 5.69 Å². The Labute approximate surface area is 118 Å². The Morgan fingerprint density at radius 2 is 1.85 bits per heavy atom. The van der Waals surface area contributed by atoms with Crippen LogP contribution in [0.1, 0.15) is 51.4 Å². The van der Waals surface area contributed by atoms with E-state index in [2.05, 4.69) is 17.2 Å². The summed E-state index contributed by atoms with van der Waals surface area (Å²) in [5, 5.41) is 3.35. The highest BCUT2D eigenvalue weighted by Crippen LogP contribution is 2.31. The first-order chi connectivity index (χ1) is 9.27. The second-order valence-corrected chi connectivity index (χ2v) is 5.46. The van der Waals surface area contributed by atoms with E-state index in [9.17, 15) is 13.2 Å². The van der Waals surface area contributed by atoms with Crippen LogP contribution < -0.4 is 5.32 Å². The predicted octanol–water partition coefficient (Wildman–Crippen LogP) is 4.23. The lowest BCUT2D eigenvalue weighted by molar-refractivity contribution is -0.141. The summed E-state index contributed by atoms with van der Waals surface area (Å²) in [6.07, 6.45) is -3.40. The number of halogens is 3. The van der Waals surface area contributed by atoms with Crippen LogP contribution in [0.2, 0.25) is 0 Å². The van der Waals surface area contributed by atoms with E-state index in [1.165, 1.54) is 6.07 Å². The van der Waals surface area contributed by atoms with E-state index in [0.717, 1.165) is 19.0 Å². The molecule has 1 N–H and O–H groups in total. The van der Waals surface area contributed by atoms with Crippen LogP contribution in [0.15, 0.2) is 18.2 Å². The molecule has 0 aliphatic rings. The first-order valence-corrected chi connectivity index (χ1v) is 7.04. The molecule has 0 aliphatic carbocycles. The van der Waals surface area contributed by atoms with E-state index in [4.69, 9.17) is 0 Å². The van der Waals surface area contributed by atoms with Gasteiger partial charge in [-0.3, -0.25) is 0 Å². The third-order valence-electron chi connectivity index (χ3n) is 3.38. The molecule has 1 aromatic heterocycles. The number of aromatic nitrogens is 1.